The zero-order chi connectivity index (χ0) is 23.3. The van der Waals surface area contributed by atoms with Crippen LogP contribution in [0.5, 0.6) is 0 Å². The Labute approximate surface area is 199 Å². The van der Waals surface area contributed by atoms with Crippen molar-refractivity contribution in [1.29, 1.82) is 0 Å². The van der Waals surface area contributed by atoms with E-state index < -0.39 is 0 Å². The van der Waals surface area contributed by atoms with E-state index in [4.69, 9.17) is 9.52 Å². The SMILES string of the molecule is Cc1cccc(-n2nc(-c3ccco3)cc2C(=O)N2CCN(C/C=C/c3ccccc3)CC2)c1. The van der Waals surface area contributed by atoms with Crippen molar-refractivity contribution < 1.29 is 9.21 Å². The largest absolute Gasteiger partial charge is 0.463 e. The lowest BCUT2D eigenvalue weighted by molar-refractivity contribution is 0.0641. The van der Waals surface area contributed by atoms with Gasteiger partial charge < -0.3 is 9.32 Å². The van der Waals surface area contributed by atoms with Gasteiger partial charge in [0.25, 0.3) is 5.91 Å². The van der Waals surface area contributed by atoms with Crippen LogP contribution in [-0.4, -0.2) is 58.2 Å². The summed E-state index contributed by atoms with van der Waals surface area (Å²) in [6.45, 7) is 5.97. The fourth-order valence-electron chi connectivity index (χ4n) is 4.23. The molecule has 34 heavy (non-hydrogen) atoms. The van der Waals surface area contributed by atoms with Crippen LogP contribution < -0.4 is 0 Å². The molecule has 6 heteroatoms. The summed E-state index contributed by atoms with van der Waals surface area (Å²) >= 11 is 0. The summed E-state index contributed by atoms with van der Waals surface area (Å²) in [4.78, 5) is 17.9. The molecular weight excluding hydrogens is 424 g/mol. The standard InChI is InChI=1S/C28H28N4O2/c1-22-8-5-12-24(20-22)32-26(21-25(29-32)27-13-7-19-34-27)28(33)31-17-15-30(16-18-31)14-6-11-23-9-3-2-4-10-23/h2-13,19-21H,14-18H2,1H3/b11-6+. The van der Waals surface area contributed by atoms with Gasteiger partial charge in [-0.25, -0.2) is 4.68 Å². The van der Waals surface area contributed by atoms with Gasteiger partial charge in [-0.1, -0.05) is 54.6 Å². The highest BCUT2D eigenvalue weighted by molar-refractivity contribution is 5.94. The molecule has 6 nitrogen and oxygen atoms in total. The maximum absolute atomic E-state index is 13.6. The molecule has 0 bridgehead atoms. The summed E-state index contributed by atoms with van der Waals surface area (Å²) in [6.07, 6.45) is 5.96. The molecule has 4 aromatic rings. The number of hydrogen-bond donors (Lipinski definition) is 0. The maximum Gasteiger partial charge on any atom is 0.272 e. The van der Waals surface area contributed by atoms with Crippen LogP contribution in [0.1, 0.15) is 21.6 Å². The zero-order valence-corrected chi connectivity index (χ0v) is 19.3. The Morgan fingerprint density at radius 3 is 2.53 bits per heavy atom. The molecule has 1 aliphatic heterocycles. The number of carbonyl (C=O) groups excluding carboxylic acids is 1. The molecule has 0 unspecified atom stereocenters. The fourth-order valence-corrected chi connectivity index (χ4v) is 4.23. The third-order valence-electron chi connectivity index (χ3n) is 6.08. The van der Waals surface area contributed by atoms with E-state index in [-0.39, 0.29) is 5.91 Å². The molecule has 1 saturated heterocycles. The van der Waals surface area contributed by atoms with Gasteiger partial charge in [-0.05, 0) is 42.3 Å². The molecule has 0 spiro atoms. The molecule has 2 aromatic carbocycles. The van der Waals surface area contributed by atoms with Gasteiger partial charge in [0.2, 0.25) is 0 Å². The van der Waals surface area contributed by atoms with Crippen LogP contribution in [-0.2, 0) is 0 Å². The number of amides is 1. The van der Waals surface area contributed by atoms with E-state index in [9.17, 15) is 4.79 Å². The van der Waals surface area contributed by atoms with E-state index in [1.807, 2.05) is 72.5 Å². The highest BCUT2D eigenvalue weighted by Crippen LogP contribution is 2.24. The third kappa shape index (κ3) is 4.87. The predicted octanol–water partition coefficient (Wildman–Crippen LogP) is 4.91. The predicted molar refractivity (Wildman–Crippen MR) is 134 cm³/mol. The highest BCUT2D eigenvalue weighted by Gasteiger charge is 2.26. The lowest BCUT2D eigenvalue weighted by Gasteiger charge is -2.34. The average Bonchev–Trinajstić information content (AvgIpc) is 3.55. The summed E-state index contributed by atoms with van der Waals surface area (Å²) in [6, 6.07) is 23.9. The van der Waals surface area contributed by atoms with Gasteiger partial charge in [0.15, 0.2) is 5.76 Å². The first-order valence-electron chi connectivity index (χ1n) is 11.6. The van der Waals surface area contributed by atoms with Crippen LogP contribution in [0.2, 0.25) is 0 Å². The minimum atomic E-state index is -0.00806. The Kier molecular flexibility index (Phi) is 6.40. The van der Waals surface area contributed by atoms with Crippen molar-refractivity contribution in [3.05, 3.63) is 102 Å². The van der Waals surface area contributed by atoms with Crippen molar-refractivity contribution in [3.63, 3.8) is 0 Å². The molecule has 172 valence electrons. The quantitative estimate of drug-likeness (QED) is 0.417. The zero-order valence-electron chi connectivity index (χ0n) is 19.3. The molecule has 5 rings (SSSR count). The minimum Gasteiger partial charge on any atom is -0.463 e. The number of aryl methyl sites for hydroxylation is 1. The van der Waals surface area contributed by atoms with Crippen LogP contribution in [0.4, 0.5) is 0 Å². The molecular formula is C28H28N4O2. The first-order chi connectivity index (χ1) is 16.7. The first kappa shape index (κ1) is 21.9. The second-order valence-corrected chi connectivity index (χ2v) is 8.55. The van der Waals surface area contributed by atoms with Crippen LogP contribution >= 0.6 is 0 Å². The number of furan rings is 1. The van der Waals surface area contributed by atoms with E-state index in [0.717, 1.165) is 30.9 Å². The van der Waals surface area contributed by atoms with E-state index in [0.29, 0.717) is 30.2 Å². The van der Waals surface area contributed by atoms with Crippen LogP contribution in [0, 0.1) is 6.92 Å². The van der Waals surface area contributed by atoms with Gasteiger partial charge in [0.05, 0.1) is 12.0 Å². The van der Waals surface area contributed by atoms with Gasteiger partial charge >= 0.3 is 0 Å². The minimum absolute atomic E-state index is 0.00806. The van der Waals surface area contributed by atoms with E-state index in [2.05, 4.69) is 29.2 Å². The number of piperazine rings is 1. The molecule has 0 aliphatic carbocycles. The van der Waals surface area contributed by atoms with Gasteiger partial charge in [0.1, 0.15) is 11.4 Å². The van der Waals surface area contributed by atoms with Gasteiger partial charge in [-0.3, -0.25) is 9.69 Å². The number of benzene rings is 2. The molecule has 0 N–H and O–H groups in total. The highest BCUT2D eigenvalue weighted by atomic mass is 16.3. The van der Waals surface area contributed by atoms with Crippen molar-refractivity contribution in [3.8, 4) is 17.1 Å². The molecule has 0 atom stereocenters. The van der Waals surface area contributed by atoms with Crippen molar-refractivity contribution in [2.75, 3.05) is 32.7 Å². The lowest BCUT2D eigenvalue weighted by Crippen LogP contribution is -2.49. The first-order valence-corrected chi connectivity index (χ1v) is 11.6. The monoisotopic (exact) mass is 452 g/mol. The number of rotatable bonds is 6. The smallest absolute Gasteiger partial charge is 0.272 e. The average molecular weight is 453 g/mol. The van der Waals surface area contributed by atoms with E-state index in [1.54, 1.807) is 10.9 Å². The summed E-state index contributed by atoms with van der Waals surface area (Å²) in [7, 11) is 0. The fraction of sp³-hybridized carbons (Fsp3) is 0.214. The Balaban J connectivity index is 1.30. The van der Waals surface area contributed by atoms with Crippen molar-refractivity contribution in [1.82, 2.24) is 19.6 Å². The summed E-state index contributed by atoms with van der Waals surface area (Å²) in [5, 5.41) is 4.72. The summed E-state index contributed by atoms with van der Waals surface area (Å²) < 4.78 is 7.28. The lowest BCUT2D eigenvalue weighted by atomic mass is 10.2. The number of carbonyl (C=O) groups is 1. The van der Waals surface area contributed by atoms with Crippen LogP contribution in [0.3, 0.4) is 0 Å². The van der Waals surface area contributed by atoms with Crippen LogP contribution in [0.25, 0.3) is 23.2 Å². The van der Waals surface area contributed by atoms with Crippen molar-refractivity contribution >= 4 is 12.0 Å². The Bertz CT molecular complexity index is 1270. The molecule has 2 aromatic heterocycles. The number of nitrogens with zero attached hydrogens (tertiary/aromatic N) is 4. The van der Waals surface area contributed by atoms with E-state index >= 15 is 0 Å². The van der Waals surface area contributed by atoms with Gasteiger partial charge in [0, 0.05) is 38.8 Å². The molecule has 1 amide bonds. The van der Waals surface area contributed by atoms with Crippen LogP contribution in [0.15, 0.2) is 89.6 Å². The molecule has 0 radical (unpaired) electrons. The topological polar surface area (TPSA) is 54.5 Å². The number of hydrogen-bond acceptors (Lipinski definition) is 4. The van der Waals surface area contributed by atoms with Gasteiger partial charge in [-0.15, -0.1) is 0 Å². The third-order valence-corrected chi connectivity index (χ3v) is 6.08. The van der Waals surface area contributed by atoms with Crippen molar-refractivity contribution in [2.45, 2.75) is 6.92 Å². The Morgan fingerprint density at radius 2 is 1.79 bits per heavy atom. The Hall–Kier alpha value is -3.90. The van der Waals surface area contributed by atoms with Crippen molar-refractivity contribution in [2.24, 2.45) is 0 Å². The normalized spacial score (nSPS) is 14.7. The molecule has 0 saturated carbocycles. The molecule has 3 heterocycles. The number of aromatic nitrogens is 2. The second-order valence-electron chi connectivity index (χ2n) is 8.55. The summed E-state index contributed by atoms with van der Waals surface area (Å²) in [5.74, 6) is 0.641. The summed E-state index contributed by atoms with van der Waals surface area (Å²) in [5.41, 5.74) is 4.39. The maximum atomic E-state index is 13.6. The molecule has 1 fully saturated rings. The Morgan fingerprint density at radius 1 is 0.971 bits per heavy atom. The van der Waals surface area contributed by atoms with Gasteiger partial charge in [-0.2, -0.15) is 5.10 Å². The molecule has 1 aliphatic rings. The van der Waals surface area contributed by atoms with E-state index in [1.165, 1.54) is 5.56 Å². The second kappa shape index (κ2) is 9.93.